The zero-order valence-electron chi connectivity index (χ0n) is 9.39. The molecule has 0 radical (unpaired) electrons. The minimum Gasteiger partial charge on any atom is -0.352 e. The van der Waals surface area contributed by atoms with E-state index in [4.69, 9.17) is 0 Å². The molecule has 2 amide bonds. The minimum absolute atomic E-state index is 0.0705. The van der Waals surface area contributed by atoms with Gasteiger partial charge in [0.2, 0.25) is 11.8 Å². The van der Waals surface area contributed by atoms with E-state index >= 15 is 0 Å². The molecular formula is C10H20N2O2. The van der Waals surface area contributed by atoms with Crippen LogP contribution in [-0.2, 0) is 9.59 Å². The number of hydrogen-bond donors (Lipinski definition) is 2. The normalized spacial score (nSPS) is 12.4. The van der Waals surface area contributed by atoms with Crippen LogP contribution in [-0.4, -0.2) is 23.9 Å². The first-order valence-electron chi connectivity index (χ1n) is 5.07. The summed E-state index contributed by atoms with van der Waals surface area (Å²) >= 11 is 0. The molecule has 14 heavy (non-hydrogen) atoms. The van der Waals surface area contributed by atoms with Crippen molar-refractivity contribution < 1.29 is 9.59 Å². The van der Waals surface area contributed by atoms with E-state index in [1.165, 1.54) is 0 Å². The lowest BCUT2D eigenvalue weighted by atomic mass is 10.2. The maximum Gasteiger partial charge on any atom is 0.242 e. The second-order valence-electron chi connectivity index (χ2n) is 3.70. The zero-order valence-corrected chi connectivity index (χ0v) is 9.39. The Morgan fingerprint density at radius 1 is 1.14 bits per heavy atom. The average molecular weight is 200 g/mol. The number of amides is 2. The van der Waals surface area contributed by atoms with Crippen molar-refractivity contribution in [2.45, 2.75) is 52.6 Å². The summed E-state index contributed by atoms with van der Waals surface area (Å²) in [4.78, 5) is 22.5. The van der Waals surface area contributed by atoms with Crippen LogP contribution in [0.15, 0.2) is 0 Å². The lowest BCUT2D eigenvalue weighted by molar-refractivity contribution is -0.128. The Morgan fingerprint density at radius 2 is 1.71 bits per heavy atom. The van der Waals surface area contributed by atoms with Gasteiger partial charge in [0.05, 0.1) is 0 Å². The third-order valence-corrected chi connectivity index (χ3v) is 1.68. The third-order valence-electron chi connectivity index (χ3n) is 1.68. The maximum atomic E-state index is 11.4. The first kappa shape index (κ1) is 12.9. The molecular weight excluding hydrogens is 180 g/mol. The van der Waals surface area contributed by atoms with E-state index in [2.05, 4.69) is 10.6 Å². The second-order valence-corrected chi connectivity index (χ2v) is 3.70. The lowest BCUT2D eigenvalue weighted by Crippen LogP contribution is -2.46. The topological polar surface area (TPSA) is 58.2 Å². The van der Waals surface area contributed by atoms with Crippen molar-refractivity contribution in [2.24, 2.45) is 0 Å². The molecule has 0 aliphatic rings. The SMILES string of the molecule is CCCC(=O)NC(C)C(=O)NC(C)C. The highest BCUT2D eigenvalue weighted by Gasteiger charge is 2.14. The van der Waals surface area contributed by atoms with Gasteiger partial charge in [0.1, 0.15) is 6.04 Å². The van der Waals surface area contributed by atoms with Gasteiger partial charge in [0.15, 0.2) is 0 Å². The molecule has 0 aromatic rings. The fourth-order valence-electron chi connectivity index (χ4n) is 1.02. The molecule has 0 rings (SSSR count). The predicted molar refractivity (Wildman–Crippen MR) is 55.8 cm³/mol. The van der Waals surface area contributed by atoms with Crippen LogP contribution < -0.4 is 10.6 Å². The Labute approximate surface area is 85.4 Å². The van der Waals surface area contributed by atoms with Crippen LogP contribution in [0.5, 0.6) is 0 Å². The molecule has 0 fully saturated rings. The van der Waals surface area contributed by atoms with Gasteiger partial charge < -0.3 is 10.6 Å². The summed E-state index contributed by atoms with van der Waals surface area (Å²) in [5.74, 6) is -0.205. The Bertz CT molecular complexity index is 202. The summed E-state index contributed by atoms with van der Waals surface area (Å²) in [6.07, 6.45) is 1.27. The van der Waals surface area contributed by atoms with Gasteiger partial charge >= 0.3 is 0 Å². The molecule has 0 saturated carbocycles. The highest BCUT2D eigenvalue weighted by atomic mass is 16.2. The van der Waals surface area contributed by atoms with Crippen LogP contribution >= 0.6 is 0 Å². The molecule has 0 aliphatic carbocycles. The number of carbonyl (C=O) groups excluding carboxylic acids is 2. The lowest BCUT2D eigenvalue weighted by Gasteiger charge is -2.15. The van der Waals surface area contributed by atoms with E-state index in [1.807, 2.05) is 20.8 Å². The molecule has 1 atom stereocenters. The molecule has 4 nitrogen and oxygen atoms in total. The first-order valence-corrected chi connectivity index (χ1v) is 5.07. The van der Waals surface area contributed by atoms with Crippen LogP contribution in [0.2, 0.25) is 0 Å². The van der Waals surface area contributed by atoms with Gasteiger partial charge in [0, 0.05) is 12.5 Å². The Hall–Kier alpha value is -1.06. The highest BCUT2D eigenvalue weighted by molar-refractivity contribution is 5.87. The quantitative estimate of drug-likeness (QED) is 0.690. The number of rotatable bonds is 5. The Morgan fingerprint density at radius 3 is 2.14 bits per heavy atom. The molecule has 0 aromatic heterocycles. The van der Waals surface area contributed by atoms with Crippen molar-refractivity contribution >= 4 is 11.8 Å². The van der Waals surface area contributed by atoms with E-state index in [9.17, 15) is 9.59 Å². The van der Waals surface area contributed by atoms with Crippen LogP contribution in [0.1, 0.15) is 40.5 Å². The molecule has 0 bridgehead atoms. The van der Waals surface area contributed by atoms with E-state index in [-0.39, 0.29) is 17.9 Å². The van der Waals surface area contributed by atoms with Gasteiger partial charge in [0.25, 0.3) is 0 Å². The van der Waals surface area contributed by atoms with E-state index in [0.29, 0.717) is 6.42 Å². The molecule has 0 aliphatic heterocycles. The van der Waals surface area contributed by atoms with Crippen molar-refractivity contribution in [3.63, 3.8) is 0 Å². The molecule has 0 heterocycles. The first-order chi connectivity index (χ1) is 6.47. The zero-order chi connectivity index (χ0) is 11.1. The molecule has 0 spiro atoms. The van der Waals surface area contributed by atoms with Gasteiger partial charge in [-0.3, -0.25) is 9.59 Å². The van der Waals surface area contributed by atoms with Crippen LogP contribution in [0.25, 0.3) is 0 Å². The summed E-state index contributed by atoms with van der Waals surface area (Å²) < 4.78 is 0. The molecule has 1 unspecified atom stereocenters. The summed E-state index contributed by atoms with van der Waals surface area (Å²) in [5.41, 5.74) is 0. The monoisotopic (exact) mass is 200 g/mol. The fraction of sp³-hybridized carbons (Fsp3) is 0.800. The molecule has 0 saturated heterocycles. The maximum absolute atomic E-state index is 11.4. The van der Waals surface area contributed by atoms with Crippen molar-refractivity contribution in [3.8, 4) is 0 Å². The number of nitrogens with one attached hydrogen (secondary N) is 2. The van der Waals surface area contributed by atoms with Crippen molar-refractivity contribution in [1.29, 1.82) is 0 Å². The summed E-state index contributed by atoms with van der Waals surface area (Å²) in [6, 6.07) is -0.343. The van der Waals surface area contributed by atoms with Gasteiger partial charge in [-0.25, -0.2) is 0 Å². The predicted octanol–water partition coefficient (Wildman–Crippen LogP) is 0.816. The van der Waals surface area contributed by atoms with Crippen LogP contribution in [0.4, 0.5) is 0 Å². The van der Waals surface area contributed by atoms with Gasteiger partial charge in [-0.15, -0.1) is 0 Å². The average Bonchev–Trinajstić information content (AvgIpc) is 2.02. The van der Waals surface area contributed by atoms with E-state index in [1.54, 1.807) is 6.92 Å². The fourth-order valence-corrected chi connectivity index (χ4v) is 1.02. The minimum atomic E-state index is -0.448. The molecule has 2 N–H and O–H groups in total. The summed E-state index contributed by atoms with van der Waals surface area (Å²) in [7, 11) is 0. The van der Waals surface area contributed by atoms with Gasteiger partial charge in [-0.2, -0.15) is 0 Å². The van der Waals surface area contributed by atoms with Crippen molar-refractivity contribution in [2.75, 3.05) is 0 Å². The van der Waals surface area contributed by atoms with Crippen LogP contribution in [0, 0.1) is 0 Å². The smallest absolute Gasteiger partial charge is 0.242 e. The molecule has 4 heteroatoms. The van der Waals surface area contributed by atoms with E-state index in [0.717, 1.165) is 6.42 Å². The van der Waals surface area contributed by atoms with Crippen molar-refractivity contribution in [1.82, 2.24) is 10.6 Å². The van der Waals surface area contributed by atoms with Crippen molar-refractivity contribution in [3.05, 3.63) is 0 Å². The third kappa shape index (κ3) is 5.56. The van der Waals surface area contributed by atoms with Gasteiger partial charge in [-0.05, 0) is 27.2 Å². The second kappa shape index (κ2) is 6.40. The number of carbonyl (C=O) groups is 2. The summed E-state index contributed by atoms with van der Waals surface area (Å²) in [6.45, 7) is 7.39. The molecule has 82 valence electrons. The standard InChI is InChI=1S/C10H20N2O2/c1-5-6-9(13)12-8(4)10(14)11-7(2)3/h7-8H,5-6H2,1-4H3,(H,11,14)(H,12,13). The number of hydrogen-bond acceptors (Lipinski definition) is 2. The summed E-state index contributed by atoms with van der Waals surface area (Å²) in [5, 5.41) is 5.37. The largest absolute Gasteiger partial charge is 0.352 e. The Balaban J connectivity index is 3.88. The Kier molecular flexibility index (Phi) is 5.92. The van der Waals surface area contributed by atoms with Gasteiger partial charge in [-0.1, -0.05) is 6.92 Å². The molecule has 0 aromatic carbocycles. The van der Waals surface area contributed by atoms with Crippen LogP contribution in [0.3, 0.4) is 0 Å². The highest BCUT2D eigenvalue weighted by Crippen LogP contribution is 1.90. The van der Waals surface area contributed by atoms with E-state index < -0.39 is 6.04 Å².